The van der Waals surface area contributed by atoms with Crippen molar-refractivity contribution >= 4 is 29.0 Å². The number of alkyl halides is 3. The van der Waals surface area contributed by atoms with Crippen molar-refractivity contribution in [3.8, 4) is 5.75 Å². The highest BCUT2D eigenvalue weighted by Gasteiger charge is 2.69. The number of carbonyl (C=O) groups is 5. The van der Waals surface area contributed by atoms with E-state index in [0.29, 0.717) is 25.6 Å². The summed E-state index contributed by atoms with van der Waals surface area (Å²) in [5.74, 6) is -12.9. The van der Waals surface area contributed by atoms with Crippen LogP contribution in [-0.4, -0.2) is 112 Å². The van der Waals surface area contributed by atoms with Crippen LogP contribution in [0.3, 0.4) is 0 Å². The first-order valence-electron chi connectivity index (χ1n) is 16.3. The molecule has 14 heteroatoms. The van der Waals surface area contributed by atoms with E-state index in [4.69, 9.17) is 5.73 Å². The molecule has 1 heterocycles. The maximum absolute atomic E-state index is 15.0. The Morgan fingerprint density at radius 2 is 1.77 bits per heavy atom. The van der Waals surface area contributed by atoms with Crippen molar-refractivity contribution in [2.75, 3.05) is 46.8 Å². The van der Waals surface area contributed by atoms with Gasteiger partial charge in [0.15, 0.2) is 34.7 Å². The maximum Gasteiger partial charge on any atom is 0.417 e. The van der Waals surface area contributed by atoms with E-state index in [-0.39, 0.29) is 18.5 Å². The Morgan fingerprint density at radius 3 is 2.34 bits per heavy atom. The molecule has 256 valence electrons. The third kappa shape index (κ3) is 5.70. The van der Waals surface area contributed by atoms with Gasteiger partial charge in [-0.05, 0) is 94.7 Å². The quantitative estimate of drug-likeness (QED) is 0.328. The Hall–Kier alpha value is -3.20. The molecule has 4 aliphatic carbocycles. The zero-order valence-electron chi connectivity index (χ0n) is 26.5. The Bertz CT molecular complexity index is 1520. The number of phenols is 1. The predicted octanol–water partition coefficient (Wildman–Crippen LogP) is 1.19. The number of ketones is 4. The van der Waals surface area contributed by atoms with Crippen molar-refractivity contribution in [2.45, 2.75) is 62.9 Å². The number of carbonyl (C=O) groups excluding carboxylic acids is 5. The van der Waals surface area contributed by atoms with Crippen LogP contribution >= 0.6 is 0 Å². The van der Waals surface area contributed by atoms with Crippen molar-refractivity contribution in [2.24, 2.45) is 35.3 Å². The average Bonchev–Trinajstić information content (AvgIpc) is 3.62. The normalized spacial score (nSPS) is 31.4. The molecule has 6 atom stereocenters. The second-order valence-corrected chi connectivity index (χ2v) is 14.3. The molecule has 1 aromatic carbocycles. The van der Waals surface area contributed by atoms with Gasteiger partial charge in [0.2, 0.25) is 5.91 Å². The number of primary amides is 1. The number of nitrogens with zero attached hydrogens (tertiary/aromatic N) is 3. The van der Waals surface area contributed by atoms with Crippen LogP contribution in [0.2, 0.25) is 0 Å². The molecular formula is C33H41F3N4O7. The standard InChI is InChI=1S/C33H41F3N4O7/c1-38(2)26-20-12-17-11-19-23(27(42)22(17)29(44)32(20,47)30(45)24(28(26)43)31(37)46)21(41)13-18(25(19)33(34,35)36)15-40(14-16-5-6-16)10-9-39-7-3-4-8-39/h13,16-17,20,22,24,26,41,47H,3-12,14-15H2,1-2H3,(H2,37,46)/t17-,20-,22?,24?,26-,32-/m0/s1. The van der Waals surface area contributed by atoms with Crippen molar-refractivity contribution in [3.63, 3.8) is 0 Å². The van der Waals surface area contributed by atoms with Gasteiger partial charge in [-0.1, -0.05) is 0 Å². The number of aromatic hydroxyl groups is 1. The third-order valence-electron chi connectivity index (χ3n) is 11.0. The highest BCUT2D eigenvalue weighted by Crippen LogP contribution is 2.53. The summed E-state index contributed by atoms with van der Waals surface area (Å²) in [6.45, 7) is 3.66. The molecule has 4 N–H and O–H groups in total. The Labute approximate surface area is 270 Å². The highest BCUT2D eigenvalue weighted by atomic mass is 19.4. The topological polar surface area (TPSA) is 162 Å². The summed E-state index contributed by atoms with van der Waals surface area (Å²) < 4.78 is 45.0. The van der Waals surface area contributed by atoms with E-state index in [1.165, 1.54) is 19.0 Å². The van der Waals surface area contributed by atoms with Crippen LogP contribution in [0.25, 0.3) is 0 Å². The number of phenolic OH excluding ortho intramolecular Hbond substituents is 1. The van der Waals surface area contributed by atoms with Crippen LogP contribution < -0.4 is 5.73 Å². The van der Waals surface area contributed by atoms with E-state index in [0.717, 1.165) is 44.8 Å². The van der Waals surface area contributed by atoms with E-state index >= 15 is 13.2 Å². The molecule has 5 aliphatic rings. The van der Waals surface area contributed by atoms with Crippen molar-refractivity contribution in [1.82, 2.24) is 14.7 Å². The van der Waals surface area contributed by atoms with Gasteiger partial charge in [-0.3, -0.25) is 33.8 Å². The number of likely N-dealkylation sites (N-methyl/N-ethyl adjacent to an activating group) is 1. The predicted molar refractivity (Wildman–Crippen MR) is 160 cm³/mol. The lowest BCUT2D eigenvalue weighted by molar-refractivity contribution is -0.181. The van der Waals surface area contributed by atoms with Gasteiger partial charge >= 0.3 is 6.18 Å². The lowest BCUT2D eigenvalue weighted by atomic mass is 9.52. The molecular weight excluding hydrogens is 621 g/mol. The molecule has 0 bridgehead atoms. The molecule has 1 saturated heterocycles. The molecule has 3 saturated carbocycles. The number of halogens is 3. The first-order valence-corrected chi connectivity index (χ1v) is 16.3. The number of Topliss-reactive ketones (excluding diaryl/α,β-unsaturated/α-hetero) is 4. The number of amides is 1. The van der Waals surface area contributed by atoms with E-state index in [9.17, 15) is 34.2 Å². The number of benzene rings is 1. The van der Waals surface area contributed by atoms with Gasteiger partial charge in [0.1, 0.15) is 5.75 Å². The number of hydrogen-bond donors (Lipinski definition) is 3. The van der Waals surface area contributed by atoms with Gasteiger partial charge in [0, 0.05) is 32.1 Å². The number of hydrogen-bond acceptors (Lipinski definition) is 10. The van der Waals surface area contributed by atoms with Gasteiger partial charge in [0.25, 0.3) is 0 Å². The molecule has 2 unspecified atom stereocenters. The SMILES string of the molecule is CN(C)[C@@H]1C(=O)C(C(N)=O)C(=O)[C@@]2(O)C(=O)C3C(=O)c4c(O)cc(CN(CCN5CCCC5)CC5CC5)c(C(F)(F)F)c4C[C@H]3C[C@@H]12. The number of nitrogens with two attached hydrogens (primary N) is 1. The van der Waals surface area contributed by atoms with Gasteiger partial charge < -0.3 is 20.8 Å². The number of rotatable bonds is 9. The number of aliphatic hydroxyl groups is 1. The van der Waals surface area contributed by atoms with Crippen molar-refractivity contribution in [3.05, 3.63) is 28.3 Å². The van der Waals surface area contributed by atoms with Crippen LogP contribution in [0.1, 0.15) is 59.2 Å². The Morgan fingerprint density at radius 1 is 1.11 bits per heavy atom. The van der Waals surface area contributed by atoms with E-state index < -0.39 is 99.4 Å². The monoisotopic (exact) mass is 662 g/mol. The Balaban J connectivity index is 1.40. The molecule has 0 spiro atoms. The summed E-state index contributed by atoms with van der Waals surface area (Å²) in [5, 5.41) is 22.8. The second kappa shape index (κ2) is 12.0. The summed E-state index contributed by atoms with van der Waals surface area (Å²) in [6.07, 6.45) is -1.51. The first-order chi connectivity index (χ1) is 22.0. The van der Waals surface area contributed by atoms with Crippen molar-refractivity contribution < 1.29 is 47.4 Å². The largest absolute Gasteiger partial charge is 0.507 e. The molecule has 1 aromatic rings. The molecule has 6 rings (SSSR count). The molecule has 47 heavy (non-hydrogen) atoms. The van der Waals surface area contributed by atoms with E-state index in [2.05, 4.69) is 4.90 Å². The number of fused-ring (bicyclic) bond motifs is 3. The molecule has 11 nitrogen and oxygen atoms in total. The van der Waals surface area contributed by atoms with Crippen LogP contribution in [0, 0.1) is 29.6 Å². The fourth-order valence-corrected chi connectivity index (χ4v) is 8.65. The van der Waals surface area contributed by atoms with Gasteiger partial charge in [-0.15, -0.1) is 0 Å². The third-order valence-corrected chi connectivity index (χ3v) is 11.0. The van der Waals surface area contributed by atoms with E-state index in [1.54, 1.807) is 0 Å². The summed E-state index contributed by atoms with van der Waals surface area (Å²) in [5.41, 5.74) is 0.113. The minimum atomic E-state index is -4.91. The fourth-order valence-electron chi connectivity index (χ4n) is 8.65. The van der Waals surface area contributed by atoms with Crippen LogP contribution in [0.15, 0.2) is 6.07 Å². The summed E-state index contributed by atoms with van der Waals surface area (Å²) in [4.78, 5) is 72.4. The molecule has 1 amide bonds. The van der Waals surface area contributed by atoms with Crippen LogP contribution in [-0.2, 0) is 38.3 Å². The zero-order valence-corrected chi connectivity index (χ0v) is 26.5. The van der Waals surface area contributed by atoms with Crippen molar-refractivity contribution in [1.29, 1.82) is 0 Å². The van der Waals surface area contributed by atoms with Gasteiger partial charge in [-0.2, -0.15) is 13.2 Å². The van der Waals surface area contributed by atoms with Gasteiger partial charge in [0.05, 0.1) is 23.1 Å². The molecule has 0 radical (unpaired) electrons. The van der Waals surface area contributed by atoms with E-state index in [1.807, 2.05) is 4.90 Å². The number of likely N-dealkylation sites (tertiary alicyclic amines) is 1. The second-order valence-electron chi connectivity index (χ2n) is 14.3. The lowest BCUT2D eigenvalue weighted by Crippen LogP contribution is -2.74. The molecule has 1 aliphatic heterocycles. The lowest BCUT2D eigenvalue weighted by Gasteiger charge is -2.52. The summed E-state index contributed by atoms with van der Waals surface area (Å²) in [7, 11) is 2.88. The summed E-state index contributed by atoms with van der Waals surface area (Å²) >= 11 is 0. The fraction of sp³-hybridized carbons (Fsp3) is 0.667. The molecule has 0 aromatic heterocycles. The first kappa shape index (κ1) is 33.7. The van der Waals surface area contributed by atoms with Crippen LogP contribution in [0.5, 0.6) is 5.75 Å². The minimum absolute atomic E-state index is 0.0934. The molecule has 4 fully saturated rings. The smallest absolute Gasteiger partial charge is 0.417 e. The van der Waals surface area contributed by atoms with Crippen LogP contribution in [0.4, 0.5) is 13.2 Å². The minimum Gasteiger partial charge on any atom is -0.507 e. The average molecular weight is 663 g/mol. The van der Waals surface area contributed by atoms with Gasteiger partial charge in [-0.25, -0.2) is 0 Å². The highest BCUT2D eigenvalue weighted by molar-refractivity contribution is 6.32. The summed E-state index contributed by atoms with van der Waals surface area (Å²) in [6, 6.07) is -0.388. The maximum atomic E-state index is 15.0. The Kier molecular flexibility index (Phi) is 8.63. The zero-order chi connectivity index (χ0) is 34.2.